The topological polar surface area (TPSA) is 84.9 Å². The molecule has 0 heterocycles. The summed E-state index contributed by atoms with van der Waals surface area (Å²) in [4.78, 5) is 24.3. The number of ether oxygens (including phenoxy) is 1. The minimum absolute atomic E-state index is 0.0165. The molecular formula is C30H33NO5Si. The molecule has 0 aliphatic heterocycles. The van der Waals surface area contributed by atoms with Gasteiger partial charge in [0, 0.05) is 5.39 Å². The number of nitrogens with one attached hydrogen (secondary N) is 1. The number of fused-ring (bicyclic) bond motifs is 2. The molecule has 4 aromatic carbocycles. The van der Waals surface area contributed by atoms with Gasteiger partial charge in [-0.2, -0.15) is 0 Å². The summed E-state index contributed by atoms with van der Waals surface area (Å²) < 4.78 is 12.0. The normalized spacial score (nSPS) is 12.0. The highest BCUT2D eigenvalue weighted by Crippen LogP contribution is 2.38. The molecular weight excluding hydrogens is 482 g/mol. The van der Waals surface area contributed by atoms with Gasteiger partial charge in [0.1, 0.15) is 6.61 Å². The van der Waals surface area contributed by atoms with E-state index in [4.69, 9.17) is 9.16 Å². The summed E-state index contributed by atoms with van der Waals surface area (Å²) in [5.41, 5.74) is 2.68. The second-order valence-corrected chi connectivity index (χ2v) is 15.5. The second-order valence-electron chi connectivity index (χ2n) is 10.7. The van der Waals surface area contributed by atoms with Crippen molar-refractivity contribution in [3.05, 3.63) is 89.5 Å². The summed E-state index contributed by atoms with van der Waals surface area (Å²) in [6.07, 6.45) is -0.582. The maximum atomic E-state index is 12.7. The van der Waals surface area contributed by atoms with Gasteiger partial charge in [0.25, 0.3) is 0 Å². The number of hydrogen-bond acceptors (Lipinski definition) is 4. The number of carboxylic acids is 1. The Morgan fingerprint density at radius 1 is 0.784 bits per heavy atom. The molecule has 0 radical (unpaired) electrons. The highest BCUT2D eigenvalue weighted by molar-refractivity contribution is 6.74. The van der Waals surface area contributed by atoms with Crippen molar-refractivity contribution in [3.8, 4) is 0 Å². The van der Waals surface area contributed by atoms with Crippen LogP contribution in [0.25, 0.3) is 21.5 Å². The zero-order valence-electron chi connectivity index (χ0n) is 21.9. The van der Waals surface area contributed by atoms with Gasteiger partial charge in [-0.15, -0.1) is 0 Å². The lowest BCUT2D eigenvalue weighted by Crippen LogP contribution is -2.40. The SMILES string of the molecule is CC(C)(C)[Si](C)(C)OCc1ccc(NC(=O)OCc2ccc(C(=O)O)c3ccccc23)c2ccccc12. The number of rotatable bonds is 7. The molecule has 6 nitrogen and oxygen atoms in total. The van der Waals surface area contributed by atoms with E-state index < -0.39 is 20.4 Å². The summed E-state index contributed by atoms with van der Waals surface area (Å²) in [5.74, 6) is -0.994. The summed E-state index contributed by atoms with van der Waals surface area (Å²) in [6, 6.07) is 22.2. The van der Waals surface area contributed by atoms with E-state index >= 15 is 0 Å². The van der Waals surface area contributed by atoms with Gasteiger partial charge in [-0.25, -0.2) is 9.59 Å². The first-order valence-electron chi connectivity index (χ1n) is 12.3. The molecule has 0 aliphatic carbocycles. The van der Waals surface area contributed by atoms with Gasteiger partial charge < -0.3 is 14.3 Å². The zero-order chi connectivity index (χ0) is 26.8. The summed E-state index contributed by atoms with van der Waals surface area (Å²) in [6.45, 7) is 11.7. The van der Waals surface area contributed by atoms with Crippen LogP contribution in [-0.2, 0) is 22.4 Å². The van der Waals surface area contributed by atoms with Crippen molar-refractivity contribution in [1.29, 1.82) is 0 Å². The van der Waals surface area contributed by atoms with E-state index in [1.165, 1.54) is 0 Å². The maximum absolute atomic E-state index is 12.7. The van der Waals surface area contributed by atoms with Crippen LogP contribution in [0.4, 0.5) is 10.5 Å². The van der Waals surface area contributed by atoms with Crippen molar-refractivity contribution in [3.63, 3.8) is 0 Å². The molecule has 4 aromatic rings. The van der Waals surface area contributed by atoms with Crippen LogP contribution >= 0.6 is 0 Å². The molecule has 192 valence electrons. The maximum Gasteiger partial charge on any atom is 0.411 e. The Morgan fingerprint density at radius 3 is 1.95 bits per heavy atom. The smallest absolute Gasteiger partial charge is 0.411 e. The number of carboxylic acid groups (broad SMARTS) is 1. The van der Waals surface area contributed by atoms with Crippen LogP contribution in [0.1, 0.15) is 42.3 Å². The quantitative estimate of drug-likeness (QED) is 0.244. The molecule has 0 aliphatic rings. The van der Waals surface area contributed by atoms with E-state index in [0.29, 0.717) is 17.7 Å². The molecule has 0 bridgehead atoms. The Labute approximate surface area is 218 Å². The van der Waals surface area contributed by atoms with Crippen molar-refractivity contribution in [2.24, 2.45) is 0 Å². The molecule has 0 atom stereocenters. The van der Waals surface area contributed by atoms with E-state index in [9.17, 15) is 14.7 Å². The number of anilines is 1. The van der Waals surface area contributed by atoms with Gasteiger partial charge in [-0.05, 0) is 57.6 Å². The van der Waals surface area contributed by atoms with Crippen LogP contribution in [0, 0.1) is 0 Å². The van der Waals surface area contributed by atoms with Gasteiger partial charge in [-0.1, -0.05) is 81.4 Å². The van der Waals surface area contributed by atoms with E-state index in [1.807, 2.05) is 48.5 Å². The molecule has 37 heavy (non-hydrogen) atoms. The number of amides is 1. The lowest BCUT2D eigenvalue weighted by atomic mass is 10.00. The van der Waals surface area contributed by atoms with Crippen molar-refractivity contribution >= 4 is 47.6 Å². The third kappa shape index (κ3) is 5.68. The van der Waals surface area contributed by atoms with Crippen LogP contribution in [0.5, 0.6) is 0 Å². The lowest BCUT2D eigenvalue weighted by Gasteiger charge is -2.36. The highest BCUT2D eigenvalue weighted by Gasteiger charge is 2.37. The Hall–Kier alpha value is -3.68. The van der Waals surface area contributed by atoms with Gasteiger partial charge in [-0.3, -0.25) is 5.32 Å². The average Bonchev–Trinajstić information content (AvgIpc) is 2.86. The van der Waals surface area contributed by atoms with Crippen LogP contribution in [0.15, 0.2) is 72.8 Å². The molecule has 2 N–H and O–H groups in total. The van der Waals surface area contributed by atoms with E-state index in [-0.39, 0.29) is 17.2 Å². The monoisotopic (exact) mass is 515 g/mol. The van der Waals surface area contributed by atoms with Crippen molar-refractivity contribution < 1.29 is 23.9 Å². The predicted molar refractivity (Wildman–Crippen MR) is 151 cm³/mol. The van der Waals surface area contributed by atoms with Crippen LogP contribution in [0.3, 0.4) is 0 Å². The third-order valence-electron chi connectivity index (χ3n) is 7.25. The number of benzene rings is 4. The molecule has 0 saturated carbocycles. The minimum Gasteiger partial charge on any atom is -0.478 e. The Kier molecular flexibility index (Phi) is 7.39. The third-order valence-corrected chi connectivity index (χ3v) is 11.7. The summed E-state index contributed by atoms with van der Waals surface area (Å²) in [7, 11) is -1.91. The lowest BCUT2D eigenvalue weighted by molar-refractivity contribution is 0.0699. The first kappa shape index (κ1) is 26.4. The van der Waals surface area contributed by atoms with Crippen LogP contribution < -0.4 is 5.32 Å². The molecule has 0 fully saturated rings. The average molecular weight is 516 g/mol. The highest BCUT2D eigenvalue weighted by atomic mass is 28.4. The number of carbonyl (C=O) groups is 2. The Balaban J connectivity index is 1.51. The standard InChI is InChI=1S/C30H33NO5Si/c1-30(2,3)37(4,5)36-19-21-15-17-27(25-13-9-7-11-23(21)25)31-29(34)35-18-20-14-16-26(28(32)33)24-12-8-6-10-22(20)24/h6-17H,18-19H2,1-5H3,(H,31,34)(H,32,33). The van der Waals surface area contributed by atoms with Gasteiger partial charge in [0.05, 0.1) is 17.9 Å². The first-order chi connectivity index (χ1) is 17.5. The first-order valence-corrected chi connectivity index (χ1v) is 15.2. The molecule has 1 amide bonds. The van der Waals surface area contributed by atoms with Crippen LogP contribution in [0.2, 0.25) is 18.1 Å². The van der Waals surface area contributed by atoms with Gasteiger partial charge in [0.2, 0.25) is 0 Å². The molecule has 0 saturated heterocycles. The van der Waals surface area contributed by atoms with Gasteiger partial charge in [0.15, 0.2) is 8.32 Å². The Morgan fingerprint density at radius 2 is 1.32 bits per heavy atom. The summed E-state index contributed by atoms with van der Waals surface area (Å²) >= 11 is 0. The van der Waals surface area contributed by atoms with Crippen molar-refractivity contribution in [2.45, 2.75) is 52.1 Å². The molecule has 7 heteroatoms. The van der Waals surface area contributed by atoms with Gasteiger partial charge >= 0.3 is 12.1 Å². The molecule has 0 aromatic heterocycles. The predicted octanol–water partition coefficient (Wildman–Crippen LogP) is 7.96. The molecule has 0 spiro atoms. The van der Waals surface area contributed by atoms with E-state index in [1.54, 1.807) is 24.3 Å². The zero-order valence-corrected chi connectivity index (χ0v) is 22.9. The van der Waals surface area contributed by atoms with Crippen molar-refractivity contribution in [1.82, 2.24) is 0 Å². The van der Waals surface area contributed by atoms with Crippen LogP contribution in [-0.4, -0.2) is 25.5 Å². The number of hydrogen-bond donors (Lipinski definition) is 2. The number of aromatic carboxylic acids is 1. The molecule has 4 rings (SSSR count). The second kappa shape index (κ2) is 10.4. The fraction of sp³-hybridized carbons (Fsp3) is 0.267. The fourth-order valence-corrected chi connectivity index (χ4v) is 4.98. The minimum atomic E-state index is -1.91. The van der Waals surface area contributed by atoms with E-state index in [0.717, 1.165) is 27.3 Å². The molecule has 0 unspecified atom stereocenters. The van der Waals surface area contributed by atoms with Crippen molar-refractivity contribution in [2.75, 3.05) is 5.32 Å². The number of carbonyl (C=O) groups excluding carboxylic acids is 1. The largest absolute Gasteiger partial charge is 0.478 e. The Bertz CT molecular complexity index is 1470. The fourth-order valence-electron chi connectivity index (χ4n) is 4.03. The summed E-state index contributed by atoms with van der Waals surface area (Å²) in [5, 5.41) is 15.7. The van der Waals surface area contributed by atoms with E-state index in [2.05, 4.69) is 39.2 Å².